The summed E-state index contributed by atoms with van der Waals surface area (Å²) in [5.41, 5.74) is 3.62. The van der Waals surface area contributed by atoms with Crippen molar-refractivity contribution in [2.75, 3.05) is 0 Å². The van der Waals surface area contributed by atoms with E-state index in [0.717, 1.165) is 5.56 Å². The van der Waals surface area contributed by atoms with Gasteiger partial charge in [0.1, 0.15) is 6.04 Å². The normalized spacial score (nSPS) is 12.8. The largest absolute Gasteiger partial charge is 0.480 e. The third-order valence-electron chi connectivity index (χ3n) is 3.03. The molecule has 1 atom stereocenters. The third kappa shape index (κ3) is 3.86. The first-order chi connectivity index (χ1) is 7.91. The lowest BCUT2D eigenvalue weighted by atomic mass is 10.0. The summed E-state index contributed by atoms with van der Waals surface area (Å²) in [6, 6.07) is 5.71. The molecular formula is C14H21NO2. The first kappa shape index (κ1) is 13.7. The molecule has 0 aliphatic heterocycles. The van der Waals surface area contributed by atoms with Gasteiger partial charge < -0.3 is 10.4 Å². The van der Waals surface area contributed by atoms with Gasteiger partial charge >= 0.3 is 5.97 Å². The zero-order valence-corrected chi connectivity index (χ0v) is 10.9. The minimum atomic E-state index is -0.788. The Bertz CT molecular complexity index is 399. The maximum atomic E-state index is 11.0. The van der Waals surface area contributed by atoms with Crippen LogP contribution in [0.1, 0.15) is 30.5 Å². The van der Waals surface area contributed by atoms with Crippen molar-refractivity contribution in [3.8, 4) is 0 Å². The van der Waals surface area contributed by atoms with Crippen LogP contribution in [0.4, 0.5) is 0 Å². The fourth-order valence-corrected chi connectivity index (χ4v) is 1.75. The molecule has 94 valence electrons. The zero-order valence-electron chi connectivity index (χ0n) is 10.9. The van der Waals surface area contributed by atoms with Crippen LogP contribution in [0.2, 0.25) is 0 Å². The molecule has 1 unspecified atom stereocenters. The Labute approximate surface area is 103 Å². The van der Waals surface area contributed by atoms with Crippen LogP contribution in [0, 0.1) is 19.8 Å². The average molecular weight is 235 g/mol. The van der Waals surface area contributed by atoms with Gasteiger partial charge in [0.05, 0.1) is 0 Å². The standard InChI is InChI=1S/C14H21NO2/c1-9(2)13(14(16)17)15-8-12-6-5-10(3)11(4)7-12/h5-7,9,13,15H,8H2,1-4H3,(H,16,17). The Morgan fingerprint density at radius 2 is 1.94 bits per heavy atom. The van der Waals surface area contributed by atoms with Crippen LogP contribution in [0.3, 0.4) is 0 Å². The van der Waals surface area contributed by atoms with E-state index in [9.17, 15) is 4.79 Å². The number of hydrogen-bond donors (Lipinski definition) is 2. The molecule has 0 aromatic heterocycles. The van der Waals surface area contributed by atoms with Crippen molar-refractivity contribution >= 4 is 5.97 Å². The van der Waals surface area contributed by atoms with E-state index in [2.05, 4.69) is 31.3 Å². The highest BCUT2D eigenvalue weighted by molar-refractivity contribution is 5.73. The molecule has 0 saturated heterocycles. The molecule has 0 bridgehead atoms. The topological polar surface area (TPSA) is 49.3 Å². The Morgan fingerprint density at radius 3 is 2.41 bits per heavy atom. The molecule has 3 heteroatoms. The van der Waals surface area contributed by atoms with Crippen molar-refractivity contribution in [1.29, 1.82) is 0 Å². The smallest absolute Gasteiger partial charge is 0.320 e. The van der Waals surface area contributed by atoms with Crippen LogP contribution in [0.25, 0.3) is 0 Å². The molecule has 1 rings (SSSR count). The van der Waals surface area contributed by atoms with E-state index >= 15 is 0 Å². The van der Waals surface area contributed by atoms with Crippen molar-refractivity contribution in [1.82, 2.24) is 5.32 Å². The first-order valence-electron chi connectivity index (χ1n) is 5.94. The molecule has 2 N–H and O–H groups in total. The Hall–Kier alpha value is -1.35. The summed E-state index contributed by atoms with van der Waals surface area (Å²) in [7, 11) is 0. The highest BCUT2D eigenvalue weighted by atomic mass is 16.4. The maximum Gasteiger partial charge on any atom is 0.320 e. The van der Waals surface area contributed by atoms with Crippen LogP contribution in [0.15, 0.2) is 18.2 Å². The van der Waals surface area contributed by atoms with Crippen molar-refractivity contribution in [2.24, 2.45) is 5.92 Å². The van der Waals surface area contributed by atoms with Crippen LogP contribution in [0.5, 0.6) is 0 Å². The van der Waals surface area contributed by atoms with Gasteiger partial charge in [-0.15, -0.1) is 0 Å². The van der Waals surface area contributed by atoms with Crippen LogP contribution in [-0.4, -0.2) is 17.1 Å². The number of aryl methyl sites for hydroxylation is 2. The second kappa shape index (κ2) is 5.82. The lowest BCUT2D eigenvalue weighted by Gasteiger charge is -2.18. The summed E-state index contributed by atoms with van der Waals surface area (Å²) < 4.78 is 0. The Balaban J connectivity index is 2.65. The second-order valence-corrected chi connectivity index (χ2v) is 4.86. The molecule has 1 aromatic carbocycles. The van der Waals surface area contributed by atoms with Crippen molar-refractivity contribution in [3.63, 3.8) is 0 Å². The third-order valence-corrected chi connectivity index (χ3v) is 3.03. The van der Waals surface area contributed by atoms with E-state index in [4.69, 9.17) is 5.11 Å². The second-order valence-electron chi connectivity index (χ2n) is 4.86. The van der Waals surface area contributed by atoms with Crippen molar-refractivity contribution in [3.05, 3.63) is 34.9 Å². The van der Waals surface area contributed by atoms with Gasteiger partial charge in [-0.05, 0) is 36.5 Å². The summed E-state index contributed by atoms with van der Waals surface area (Å²) in [6.07, 6.45) is 0. The van der Waals surface area contributed by atoms with Gasteiger partial charge in [-0.25, -0.2) is 0 Å². The summed E-state index contributed by atoms with van der Waals surface area (Å²) in [5, 5.41) is 12.1. The fourth-order valence-electron chi connectivity index (χ4n) is 1.75. The SMILES string of the molecule is Cc1ccc(CNC(C(=O)O)C(C)C)cc1C. The molecule has 17 heavy (non-hydrogen) atoms. The van der Waals surface area contributed by atoms with Crippen LogP contribution < -0.4 is 5.32 Å². The Morgan fingerprint density at radius 1 is 1.29 bits per heavy atom. The molecule has 0 fully saturated rings. The number of rotatable bonds is 5. The molecule has 0 aliphatic rings. The molecule has 0 saturated carbocycles. The highest BCUT2D eigenvalue weighted by Crippen LogP contribution is 2.10. The van der Waals surface area contributed by atoms with Crippen molar-refractivity contribution in [2.45, 2.75) is 40.3 Å². The maximum absolute atomic E-state index is 11.0. The monoisotopic (exact) mass is 235 g/mol. The van der Waals surface area contributed by atoms with E-state index in [1.165, 1.54) is 11.1 Å². The van der Waals surface area contributed by atoms with E-state index in [1.807, 2.05) is 19.9 Å². The van der Waals surface area contributed by atoms with Gasteiger partial charge in [-0.1, -0.05) is 32.0 Å². The number of carboxylic acid groups (broad SMARTS) is 1. The predicted molar refractivity (Wildman–Crippen MR) is 69.0 cm³/mol. The highest BCUT2D eigenvalue weighted by Gasteiger charge is 2.20. The predicted octanol–water partition coefficient (Wildman–Crippen LogP) is 2.50. The lowest BCUT2D eigenvalue weighted by molar-refractivity contribution is -0.140. The molecule has 0 aliphatic carbocycles. The fraction of sp³-hybridized carbons (Fsp3) is 0.500. The molecule has 0 amide bonds. The summed E-state index contributed by atoms with van der Waals surface area (Å²) >= 11 is 0. The van der Waals surface area contributed by atoms with E-state index in [1.54, 1.807) is 0 Å². The van der Waals surface area contributed by atoms with Crippen LogP contribution >= 0.6 is 0 Å². The van der Waals surface area contributed by atoms with Gasteiger partial charge in [-0.3, -0.25) is 4.79 Å². The van der Waals surface area contributed by atoms with Gasteiger partial charge in [0.25, 0.3) is 0 Å². The zero-order chi connectivity index (χ0) is 13.0. The van der Waals surface area contributed by atoms with Gasteiger partial charge in [0.15, 0.2) is 0 Å². The minimum Gasteiger partial charge on any atom is -0.480 e. The number of carboxylic acids is 1. The van der Waals surface area contributed by atoms with Gasteiger partial charge in [-0.2, -0.15) is 0 Å². The van der Waals surface area contributed by atoms with E-state index in [-0.39, 0.29) is 5.92 Å². The number of nitrogens with one attached hydrogen (secondary N) is 1. The van der Waals surface area contributed by atoms with Gasteiger partial charge in [0, 0.05) is 6.54 Å². The number of benzene rings is 1. The lowest BCUT2D eigenvalue weighted by Crippen LogP contribution is -2.40. The van der Waals surface area contributed by atoms with Gasteiger partial charge in [0.2, 0.25) is 0 Å². The number of hydrogen-bond acceptors (Lipinski definition) is 2. The Kier molecular flexibility index (Phi) is 4.70. The molecule has 3 nitrogen and oxygen atoms in total. The van der Waals surface area contributed by atoms with Crippen LogP contribution in [-0.2, 0) is 11.3 Å². The molecular weight excluding hydrogens is 214 g/mol. The molecule has 1 aromatic rings. The summed E-state index contributed by atoms with van der Waals surface area (Å²) in [6.45, 7) is 8.55. The summed E-state index contributed by atoms with van der Waals surface area (Å²) in [4.78, 5) is 11.0. The van der Waals surface area contributed by atoms with E-state index < -0.39 is 12.0 Å². The average Bonchev–Trinajstić information content (AvgIpc) is 2.22. The molecule has 0 radical (unpaired) electrons. The quantitative estimate of drug-likeness (QED) is 0.824. The minimum absolute atomic E-state index is 0.0824. The number of aliphatic carboxylic acids is 1. The van der Waals surface area contributed by atoms with Crippen molar-refractivity contribution < 1.29 is 9.90 Å². The molecule has 0 heterocycles. The summed E-state index contributed by atoms with van der Waals surface area (Å²) in [5.74, 6) is -0.706. The number of carbonyl (C=O) groups is 1. The molecule has 0 spiro atoms. The van der Waals surface area contributed by atoms with E-state index in [0.29, 0.717) is 6.54 Å². The first-order valence-corrected chi connectivity index (χ1v) is 5.94.